The molecular weight excluding hydrogens is 165 g/mol. The summed E-state index contributed by atoms with van der Waals surface area (Å²) in [6.45, 7) is 0. The maximum Gasteiger partial charge on any atom is 0.417 e. The van der Waals surface area contributed by atoms with Crippen LogP contribution in [0.1, 0.15) is 0 Å². The third-order valence-corrected chi connectivity index (χ3v) is 0.404. The summed E-state index contributed by atoms with van der Waals surface area (Å²) in [5.74, 6) is -2.32. The van der Waals surface area contributed by atoms with Crippen molar-refractivity contribution in [2.24, 2.45) is 0 Å². The van der Waals surface area contributed by atoms with E-state index in [1.165, 1.54) is 0 Å². The molecule has 0 bridgehead atoms. The summed E-state index contributed by atoms with van der Waals surface area (Å²) in [5, 5.41) is 3.26. The Morgan fingerprint density at radius 2 is 1.75 bits per heavy atom. The van der Waals surface area contributed by atoms with E-state index >= 15 is 0 Å². The number of carboxylic acid groups (broad SMARTS) is 1. The molecule has 0 fully saturated rings. The van der Waals surface area contributed by atoms with E-state index in [-0.39, 0.29) is 12.4 Å². The second kappa shape index (κ2) is 3.04. The van der Waals surface area contributed by atoms with Gasteiger partial charge in [-0.2, -0.15) is 8.78 Å². The van der Waals surface area contributed by atoms with Gasteiger partial charge in [0.1, 0.15) is 0 Å². The molecule has 0 heterocycles. The van der Waals surface area contributed by atoms with Crippen LogP contribution in [0.4, 0.5) is 8.78 Å². The molecule has 0 aliphatic rings. The molecule has 50 valence electrons. The number of rotatable bonds is 1. The third kappa shape index (κ3) is 4.08. The minimum atomic E-state index is -4.11. The Kier molecular flexibility index (Phi) is 4.11. The average Bonchev–Trinajstić information content (AvgIpc) is 1.31. The molecule has 0 rings (SSSR count). The van der Waals surface area contributed by atoms with Crippen LogP contribution >= 0.6 is 24.0 Å². The molecule has 0 unspecified atom stereocenters. The van der Waals surface area contributed by atoms with Gasteiger partial charge in [0.2, 0.25) is 0 Å². The molecule has 0 aromatic carbocycles. The second-order valence-corrected chi connectivity index (χ2v) is 1.28. The van der Waals surface area contributed by atoms with Crippen LogP contribution in [0.25, 0.3) is 0 Å². The summed E-state index contributed by atoms with van der Waals surface area (Å²) in [6.07, 6.45) is 0. The van der Waals surface area contributed by atoms with Crippen LogP contribution in [-0.4, -0.2) is 16.5 Å². The maximum atomic E-state index is 11.0. The molecule has 1 N–H and O–H groups in total. The van der Waals surface area contributed by atoms with Gasteiger partial charge in [-0.05, 0) is 11.6 Å². The predicted molar refractivity (Wildman–Crippen MR) is 25.7 cm³/mol. The smallest absolute Gasteiger partial charge is 0.417 e. The fraction of sp³-hybridized carbons (Fsp3) is 0.500. The van der Waals surface area contributed by atoms with E-state index in [1.54, 1.807) is 0 Å². The molecule has 0 radical (unpaired) electrons. The van der Waals surface area contributed by atoms with E-state index in [0.29, 0.717) is 0 Å². The molecule has 0 amide bonds. The van der Waals surface area contributed by atoms with Crippen LogP contribution in [0.15, 0.2) is 0 Å². The van der Waals surface area contributed by atoms with Gasteiger partial charge in [0.25, 0.3) is 0 Å². The fourth-order valence-electron chi connectivity index (χ4n) is 0. The number of hydrogen-bond donors (Lipinski definition) is 1. The normalized spacial score (nSPS) is 9.88. The van der Waals surface area contributed by atoms with Gasteiger partial charge in [0, 0.05) is 0 Å². The molecule has 0 aliphatic heterocycles. The highest BCUT2D eigenvalue weighted by Gasteiger charge is 2.35. The second-order valence-electron chi connectivity index (χ2n) is 0.803. The Bertz CT molecular complexity index is 88.5. The highest BCUT2D eigenvalue weighted by Crippen LogP contribution is 2.17. The Hall–Kier alpha value is -0.0900. The van der Waals surface area contributed by atoms with Gasteiger partial charge in [-0.1, -0.05) is 0 Å². The summed E-state index contributed by atoms with van der Waals surface area (Å²) in [7, 11) is 0. The van der Waals surface area contributed by atoms with E-state index in [0.717, 1.165) is 0 Å². The molecule has 8 heavy (non-hydrogen) atoms. The van der Waals surface area contributed by atoms with Crippen molar-refractivity contribution in [3.05, 3.63) is 0 Å². The van der Waals surface area contributed by atoms with Crippen LogP contribution in [0.3, 0.4) is 0 Å². The molecule has 0 aromatic rings. The molecule has 2 nitrogen and oxygen atoms in total. The van der Waals surface area contributed by atoms with Crippen molar-refractivity contribution in [3.63, 3.8) is 0 Å². The summed E-state index contributed by atoms with van der Waals surface area (Å²) < 4.78 is 22.0. The Morgan fingerprint density at radius 3 is 1.75 bits per heavy atom. The van der Waals surface area contributed by atoms with Crippen molar-refractivity contribution in [3.8, 4) is 0 Å². The van der Waals surface area contributed by atoms with Crippen molar-refractivity contribution < 1.29 is 18.7 Å². The molecule has 0 saturated heterocycles. The standard InChI is InChI=1S/C2HClF2O2.ClH/c3-2(4,5)1(6)7;/h(H,6,7);1H. The summed E-state index contributed by atoms with van der Waals surface area (Å²) in [6, 6.07) is 0. The van der Waals surface area contributed by atoms with Gasteiger partial charge in [-0.15, -0.1) is 12.4 Å². The topological polar surface area (TPSA) is 37.3 Å². The lowest BCUT2D eigenvalue weighted by molar-refractivity contribution is -0.153. The lowest BCUT2D eigenvalue weighted by atomic mass is 10.7. The zero-order chi connectivity index (χ0) is 6.08. The van der Waals surface area contributed by atoms with Crippen molar-refractivity contribution in [1.29, 1.82) is 0 Å². The first-order valence-electron chi connectivity index (χ1n) is 1.24. The molecular formula is C2H2Cl2F2O2. The first kappa shape index (κ1) is 10.8. The largest absolute Gasteiger partial charge is 0.476 e. The SMILES string of the molecule is Cl.O=C(O)C(F)(F)Cl. The number of carboxylic acids is 1. The minimum absolute atomic E-state index is 0. The maximum absolute atomic E-state index is 11.0. The van der Waals surface area contributed by atoms with Crippen LogP contribution in [0.2, 0.25) is 0 Å². The quantitative estimate of drug-likeness (QED) is 0.598. The monoisotopic (exact) mass is 166 g/mol. The lowest BCUT2D eigenvalue weighted by Gasteiger charge is -1.95. The van der Waals surface area contributed by atoms with E-state index in [1.807, 2.05) is 0 Å². The molecule has 0 spiro atoms. The van der Waals surface area contributed by atoms with Crippen molar-refractivity contribution in [2.45, 2.75) is 5.38 Å². The number of carbonyl (C=O) groups is 1. The highest BCUT2D eigenvalue weighted by atomic mass is 35.5. The van der Waals surface area contributed by atoms with Crippen LogP contribution in [0.5, 0.6) is 0 Å². The highest BCUT2D eigenvalue weighted by molar-refractivity contribution is 6.30. The first-order chi connectivity index (χ1) is 2.94. The van der Waals surface area contributed by atoms with E-state index < -0.39 is 11.4 Å². The average molecular weight is 167 g/mol. The lowest BCUT2D eigenvalue weighted by Crippen LogP contribution is -2.19. The predicted octanol–water partition coefficient (Wildman–Crippen LogP) is 1.32. The van der Waals surface area contributed by atoms with Crippen molar-refractivity contribution >= 4 is 30.0 Å². The minimum Gasteiger partial charge on any atom is -0.476 e. The number of aliphatic carboxylic acids is 1. The molecule has 0 atom stereocenters. The van der Waals surface area contributed by atoms with Crippen LogP contribution in [-0.2, 0) is 4.79 Å². The number of alkyl halides is 3. The molecule has 0 aromatic heterocycles. The Labute approximate surface area is 54.8 Å². The van der Waals surface area contributed by atoms with Gasteiger partial charge in [0.15, 0.2) is 0 Å². The summed E-state index contributed by atoms with van der Waals surface area (Å²) in [5.41, 5.74) is 0. The molecule has 0 saturated carbocycles. The van der Waals surface area contributed by atoms with Crippen molar-refractivity contribution in [2.75, 3.05) is 0 Å². The van der Waals surface area contributed by atoms with Crippen molar-refractivity contribution in [1.82, 2.24) is 0 Å². The number of halogens is 4. The first-order valence-corrected chi connectivity index (χ1v) is 1.62. The van der Waals surface area contributed by atoms with Gasteiger partial charge in [0.05, 0.1) is 0 Å². The Balaban J connectivity index is 0. The van der Waals surface area contributed by atoms with E-state index in [9.17, 15) is 8.78 Å². The zero-order valence-corrected chi connectivity index (χ0v) is 4.97. The van der Waals surface area contributed by atoms with Gasteiger partial charge in [-0.25, -0.2) is 4.79 Å². The van der Waals surface area contributed by atoms with Gasteiger partial charge >= 0.3 is 11.4 Å². The Morgan fingerprint density at radius 1 is 1.62 bits per heavy atom. The molecule has 6 heteroatoms. The summed E-state index contributed by atoms with van der Waals surface area (Å²) >= 11 is 3.94. The zero-order valence-electron chi connectivity index (χ0n) is 3.40. The summed E-state index contributed by atoms with van der Waals surface area (Å²) in [4.78, 5) is 9.14. The van der Waals surface area contributed by atoms with E-state index in [2.05, 4.69) is 11.6 Å². The third-order valence-electron chi connectivity index (χ3n) is 0.243. The number of hydrogen-bond acceptors (Lipinski definition) is 1. The van der Waals surface area contributed by atoms with Gasteiger partial charge < -0.3 is 5.11 Å². The van der Waals surface area contributed by atoms with Gasteiger partial charge in [-0.3, -0.25) is 0 Å². The van der Waals surface area contributed by atoms with Crippen LogP contribution in [0, 0.1) is 0 Å². The fourth-order valence-corrected chi connectivity index (χ4v) is 0. The van der Waals surface area contributed by atoms with E-state index in [4.69, 9.17) is 9.90 Å². The van der Waals surface area contributed by atoms with Crippen LogP contribution < -0.4 is 0 Å². The molecule has 0 aliphatic carbocycles.